The molecule has 1 amide bonds. The Hall–Kier alpha value is -4.05. The van der Waals surface area contributed by atoms with Gasteiger partial charge in [-0.25, -0.2) is 14.8 Å². The lowest BCUT2D eigenvalue weighted by molar-refractivity contribution is -0.118. The van der Waals surface area contributed by atoms with Crippen LogP contribution in [0.2, 0.25) is 0 Å². The summed E-state index contributed by atoms with van der Waals surface area (Å²) in [6, 6.07) is 12.9. The van der Waals surface area contributed by atoms with E-state index in [2.05, 4.69) is 25.8 Å². The van der Waals surface area contributed by atoms with Crippen LogP contribution in [0.1, 0.15) is 16.7 Å². The third-order valence-corrected chi connectivity index (χ3v) is 5.43. The molecule has 0 spiro atoms. The van der Waals surface area contributed by atoms with Crippen molar-refractivity contribution in [2.75, 3.05) is 48.6 Å². The second kappa shape index (κ2) is 11.4. The molecular weight excluding hydrogens is 451 g/mol. The third-order valence-electron chi connectivity index (χ3n) is 5.43. The molecule has 0 unspecified atom stereocenters. The largest absolute Gasteiger partial charge is 0.484 e. The minimum atomic E-state index is -0.493. The van der Waals surface area contributed by atoms with Crippen molar-refractivity contribution in [3.63, 3.8) is 0 Å². The first-order valence-corrected chi connectivity index (χ1v) is 11.2. The molecule has 1 aliphatic rings. The number of carbonyl (C=O) groups excluding carboxylic acids is 1. The molecule has 1 fully saturated rings. The smallest absolute Gasteiger partial charge is 0.262 e. The number of hydrogen-bond acceptors (Lipinski definition) is 8. The number of aromatic nitrogens is 2. The van der Waals surface area contributed by atoms with E-state index < -0.39 is 5.82 Å². The van der Waals surface area contributed by atoms with Gasteiger partial charge in [0.25, 0.3) is 5.91 Å². The Labute approximate surface area is 203 Å². The number of morpholine rings is 1. The zero-order valence-corrected chi connectivity index (χ0v) is 19.6. The average molecular weight is 479 g/mol. The van der Waals surface area contributed by atoms with Gasteiger partial charge in [0.05, 0.1) is 25.6 Å². The number of hydrazone groups is 1. The van der Waals surface area contributed by atoms with Gasteiger partial charge in [-0.15, -0.1) is 0 Å². The van der Waals surface area contributed by atoms with Crippen molar-refractivity contribution in [2.24, 2.45) is 5.10 Å². The van der Waals surface area contributed by atoms with Crippen molar-refractivity contribution >= 4 is 29.6 Å². The van der Waals surface area contributed by atoms with Crippen LogP contribution >= 0.6 is 0 Å². The normalized spacial score (nSPS) is 13.6. The van der Waals surface area contributed by atoms with E-state index >= 15 is 0 Å². The Bertz CT molecular complexity index is 1210. The molecule has 0 bridgehead atoms. The van der Waals surface area contributed by atoms with Crippen molar-refractivity contribution in [3.8, 4) is 5.75 Å². The molecule has 1 aromatic heterocycles. The van der Waals surface area contributed by atoms with Crippen molar-refractivity contribution in [1.82, 2.24) is 9.97 Å². The van der Waals surface area contributed by atoms with Gasteiger partial charge in [0.2, 0.25) is 5.95 Å². The van der Waals surface area contributed by atoms with Gasteiger partial charge < -0.3 is 19.7 Å². The summed E-state index contributed by atoms with van der Waals surface area (Å²) in [6.07, 6.45) is 2.68. The highest BCUT2D eigenvalue weighted by Gasteiger charge is 2.17. The highest BCUT2D eigenvalue weighted by Crippen LogP contribution is 2.19. The number of aryl methyl sites for hydroxylation is 2. The zero-order chi connectivity index (χ0) is 24.6. The molecule has 0 atom stereocenters. The fraction of sp³-hybridized carbons (Fsp3) is 0.280. The maximum absolute atomic E-state index is 14.2. The number of benzene rings is 2. The molecule has 10 heteroatoms. The number of amides is 1. The Morgan fingerprint density at radius 1 is 1.20 bits per heavy atom. The second-order valence-corrected chi connectivity index (χ2v) is 8.04. The average Bonchev–Trinajstić information content (AvgIpc) is 2.87. The van der Waals surface area contributed by atoms with Crippen LogP contribution < -0.4 is 20.4 Å². The van der Waals surface area contributed by atoms with Gasteiger partial charge in [0.1, 0.15) is 5.75 Å². The van der Waals surface area contributed by atoms with E-state index in [4.69, 9.17) is 9.47 Å². The van der Waals surface area contributed by atoms with E-state index in [0.29, 0.717) is 32.1 Å². The topological polar surface area (TPSA) is 101 Å². The molecule has 182 valence electrons. The van der Waals surface area contributed by atoms with Crippen LogP contribution in [0, 0.1) is 19.7 Å². The SMILES string of the molecule is Cc1ccc(NC(=O)COc2cccc(/C=N\Nc3ncc(F)c(N4CCOCC4)n3)c2)cc1C. The summed E-state index contributed by atoms with van der Waals surface area (Å²) in [5, 5.41) is 6.96. The van der Waals surface area contributed by atoms with Gasteiger partial charge in [0.15, 0.2) is 18.2 Å². The standard InChI is InChI=1S/C25H27FN6O3/c1-17-6-7-20(12-18(17)2)29-23(33)16-35-21-5-3-4-19(13-21)14-28-31-25-27-15-22(26)24(30-25)32-8-10-34-11-9-32/h3-7,12-15H,8-11,16H2,1-2H3,(H,29,33)(H,27,30,31)/b28-14-. The van der Waals surface area contributed by atoms with Crippen molar-refractivity contribution in [2.45, 2.75) is 13.8 Å². The van der Waals surface area contributed by atoms with Gasteiger partial charge in [-0.1, -0.05) is 18.2 Å². The minimum absolute atomic E-state index is 0.125. The number of carbonyl (C=O) groups is 1. The van der Waals surface area contributed by atoms with Crippen LogP contribution in [-0.4, -0.2) is 55.0 Å². The number of rotatable bonds is 8. The van der Waals surface area contributed by atoms with E-state index in [1.807, 2.05) is 43.0 Å². The Morgan fingerprint density at radius 3 is 2.83 bits per heavy atom. The van der Waals surface area contributed by atoms with Crippen LogP contribution in [0.5, 0.6) is 5.75 Å². The number of hydrogen-bond donors (Lipinski definition) is 2. The molecule has 1 aliphatic heterocycles. The first-order valence-electron chi connectivity index (χ1n) is 11.2. The molecular formula is C25H27FN6O3. The van der Waals surface area contributed by atoms with Crippen molar-refractivity contribution < 1.29 is 18.7 Å². The number of halogens is 1. The van der Waals surface area contributed by atoms with Gasteiger partial charge in [-0.05, 0) is 54.8 Å². The van der Waals surface area contributed by atoms with Gasteiger partial charge in [-0.3, -0.25) is 4.79 Å². The first-order chi connectivity index (χ1) is 17.0. The molecule has 35 heavy (non-hydrogen) atoms. The van der Waals surface area contributed by atoms with Gasteiger partial charge >= 0.3 is 0 Å². The number of ether oxygens (including phenoxy) is 2. The van der Waals surface area contributed by atoms with E-state index in [-0.39, 0.29) is 24.3 Å². The summed E-state index contributed by atoms with van der Waals surface area (Å²) in [6.45, 7) is 6.06. The van der Waals surface area contributed by atoms with E-state index in [1.54, 1.807) is 24.4 Å². The summed E-state index contributed by atoms with van der Waals surface area (Å²) in [5.41, 5.74) is 6.46. The first kappa shape index (κ1) is 24.1. The monoisotopic (exact) mass is 478 g/mol. The lowest BCUT2D eigenvalue weighted by Crippen LogP contribution is -2.37. The molecule has 2 N–H and O–H groups in total. The van der Waals surface area contributed by atoms with E-state index in [0.717, 1.165) is 28.6 Å². The molecule has 2 aromatic carbocycles. The molecule has 9 nitrogen and oxygen atoms in total. The summed E-state index contributed by atoms with van der Waals surface area (Å²) >= 11 is 0. The van der Waals surface area contributed by atoms with Crippen LogP contribution in [-0.2, 0) is 9.53 Å². The third kappa shape index (κ3) is 6.73. The van der Waals surface area contributed by atoms with Crippen LogP contribution in [0.4, 0.5) is 21.8 Å². The summed E-state index contributed by atoms with van der Waals surface area (Å²) in [4.78, 5) is 22.2. The second-order valence-electron chi connectivity index (χ2n) is 8.04. The van der Waals surface area contributed by atoms with Gasteiger partial charge in [-0.2, -0.15) is 10.1 Å². The fourth-order valence-corrected chi connectivity index (χ4v) is 3.42. The number of nitrogens with zero attached hydrogens (tertiary/aromatic N) is 4. The maximum Gasteiger partial charge on any atom is 0.262 e. The van der Waals surface area contributed by atoms with Crippen LogP contribution in [0.15, 0.2) is 53.8 Å². The molecule has 4 rings (SSSR count). The molecule has 1 saturated heterocycles. The van der Waals surface area contributed by atoms with Crippen molar-refractivity contribution in [1.29, 1.82) is 0 Å². The number of anilines is 3. The summed E-state index contributed by atoms with van der Waals surface area (Å²) < 4.78 is 25.1. The molecule has 3 aromatic rings. The lowest BCUT2D eigenvalue weighted by atomic mass is 10.1. The summed E-state index contributed by atoms with van der Waals surface area (Å²) in [5.74, 6) is 0.179. The highest BCUT2D eigenvalue weighted by molar-refractivity contribution is 5.92. The molecule has 0 radical (unpaired) electrons. The van der Waals surface area contributed by atoms with Crippen molar-refractivity contribution in [3.05, 3.63) is 71.2 Å². The maximum atomic E-state index is 14.2. The van der Waals surface area contributed by atoms with E-state index in [9.17, 15) is 9.18 Å². The molecule has 0 saturated carbocycles. The fourth-order valence-electron chi connectivity index (χ4n) is 3.42. The van der Waals surface area contributed by atoms with E-state index in [1.165, 1.54) is 0 Å². The quantitative estimate of drug-likeness (QED) is 0.377. The minimum Gasteiger partial charge on any atom is -0.484 e. The number of nitrogens with one attached hydrogen (secondary N) is 2. The lowest BCUT2D eigenvalue weighted by Gasteiger charge is -2.27. The van der Waals surface area contributed by atoms with Gasteiger partial charge in [0, 0.05) is 18.8 Å². The van der Waals surface area contributed by atoms with Crippen LogP contribution in [0.3, 0.4) is 0 Å². The Balaban J connectivity index is 1.31. The predicted octanol–water partition coefficient (Wildman–Crippen LogP) is 3.53. The molecule has 2 heterocycles. The Kier molecular flexibility index (Phi) is 7.84. The summed E-state index contributed by atoms with van der Waals surface area (Å²) in [7, 11) is 0. The molecule has 0 aliphatic carbocycles. The highest BCUT2D eigenvalue weighted by atomic mass is 19.1. The predicted molar refractivity (Wildman–Crippen MR) is 133 cm³/mol. The van der Waals surface area contributed by atoms with Crippen LogP contribution in [0.25, 0.3) is 0 Å². The zero-order valence-electron chi connectivity index (χ0n) is 19.6. The Morgan fingerprint density at radius 2 is 2.03 bits per heavy atom.